The summed E-state index contributed by atoms with van der Waals surface area (Å²) in [6.45, 7) is -0.174. The monoisotopic (exact) mass is 465 g/mol. The van der Waals surface area contributed by atoms with Crippen molar-refractivity contribution >= 4 is 22.8 Å². The Kier molecular flexibility index (Phi) is 4.93. The van der Waals surface area contributed by atoms with Crippen LogP contribution in [0.2, 0.25) is 0 Å². The lowest BCUT2D eigenvalue weighted by Gasteiger charge is -2.11. The number of hydrogen-bond donors (Lipinski definition) is 3. The molecule has 0 fully saturated rings. The number of carbonyl (C=O) groups excluding carboxylic acids is 1. The predicted octanol–water partition coefficient (Wildman–Crippen LogP) is 3.06. The normalized spacial score (nSPS) is 12.5. The number of aromatic nitrogens is 2. The van der Waals surface area contributed by atoms with Gasteiger partial charge in [-0.1, -0.05) is 0 Å². The molecule has 10 heteroatoms. The van der Waals surface area contributed by atoms with Crippen LogP contribution in [-0.2, 0) is 13.0 Å². The van der Waals surface area contributed by atoms with Crippen LogP contribution in [0.15, 0.2) is 47.4 Å². The minimum absolute atomic E-state index is 0.0277. The molecule has 34 heavy (non-hydrogen) atoms. The Morgan fingerprint density at radius 2 is 1.97 bits per heavy atom. The van der Waals surface area contributed by atoms with E-state index < -0.39 is 29.1 Å². The van der Waals surface area contributed by atoms with E-state index in [9.17, 15) is 28.3 Å². The van der Waals surface area contributed by atoms with Gasteiger partial charge in [-0.15, -0.1) is 0 Å². The molecular weight excluding hydrogens is 448 g/mol. The van der Waals surface area contributed by atoms with Crippen molar-refractivity contribution in [3.05, 3.63) is 87.0 Å². The number of primary amides is 1. The summed E-state index contributed by atoms with van der Waals surface area (Å²) in [6.07, 6.45) is 1.68. The van der Waals surface area contributed by atoms with Crippen LogP contribution >= 0.6 is 0 Å². The molecule has 2 aromatic carbocycles. The third-order valence-electron chi connectivity index (χ3n) is 5.90. The fraction of sp³-hybridized carbons (Fsp3) is 0.125. The largest absolute Gasteiger partial charge is 0.492 e. The lowest BCUT2D eigenvalue weighted by Crippen LogP contribution is -2.15. The molecule has 4 N–H and O–H groups in total. The number of rotatable bonds is 5. The number of nitrogens with zero attached hydrogens (tertiary/aromatic N) is 1. The molecule has 0 atom stereocenters. The lowest BCUT2D eigenvalue weighted by atomic mass is 10.00. The first kappa shape index (κ1) is 21.4. The number of hydrogen-bond acceptors (Lipinski definition) is 4. The van der Waals surface area contributed by atoms with Crippen LogP contribution < -0.4 is 16.0 Å². The first-order valence-corrected chi connectivity index (χ1v) is 10.3. The number of ether oxygens (including phenoxy) is 1. The summed E-state index contributed by atoms with van der Waals surface area (Å²) in [6, 6.07) is 7.61. The molecule has 3 heterocycles. The molecule has 8 nitrogen and oxygen atoms in total. The quantitative estimate of drug-likeness (QED) is 0.418. The third-order valence-corrected chi connectivity index (χ3v) is 5.90. The van der Waals surface area contributed by atoms with Crippen molar-refractivity contribution in [3.63, 3.8) is 0 Å². The lowest BCUT2D eigenvalue weighted by molar-refractivity contribution is 0.0686. The molecule has 0 aliphatic carbocycles. The summed E-state index contributed by atoms with van der Waals surface area (Å²) in [5.74, 6) is -3.35. The van der Waals surface area contributed by atoms with Crippen molar-refractivity contribution in [2.75, 3.05) is 6.61 Å². The van der Waals surface area contributed by atoms with Crippen LogP contribution in [0.3, 0.4) is 0 Å². The van der Waals surface area contributed by atoms with E-state index in [-0.39, 0.29) is 69.7 Å². The van der Waals surface area contributed by atoms with Crippen LogP contribution in [0, 0.1) is 11.6 Å². The second-order valence-corrected chi connectivity index (χ2v) is 7.86. The number of carboxylic acids is 1. The first-order valence-electron chi connectivity index (χ1n) is 10.3. The van der Waals surface area contributed by atoms with Crippen LogP contribution in [0.25, 0.3) is 22.0 Å². The predicted molar refractivity (Wildman–Crippen MR) is 118 cm³/mol. The van der Waals surface area contributed by atoms with Gasteiger partial charge < -0.3 is 25.1 Å². The maximum atomic E-state index is 15.0. The minimum Gasteiger partial charge on any atom is -0.492 e. The Morgan fingerprint density at radius 1 is 1.18 bits per heavy atom. The zero-order valence-corrected chi connectivity index (χ0v) is 17.5. The van der Waals surface area contributed by atoms with Gasteiger partial charge in [0.15, 0.2) is 0 Å². The van der Waals surface area contributed by atoms with Gasteiger partial charge in [-0.2, -0.15) is 0 Å². The van der Waals surface area contributed by atoms with Crippen molar-refractivity contribution in [1.82, 2.24) is 9.55 Å². The molecule has 5 rings (SSSR count). The molecule has 1 aliphatic rings. The SMILES string of the molecule is NC(=O)c1ccc(F)c(Cn2c(C(=O)O)c(-c3ccc[nH]c3=O)c3c4c(c(F)cc32)CCO4)c1. The molecule has 0 radical (unpaired) electrons. The first-order chi connectivity index (χ1) is 16.3. The number of amides is 1. The molecule has 172 valence electrons. The summed E-state index contributed by atoms with van der Waals surface area (Å²) in [4.78, 5) is 39.3. The molecule has 0 unspecified atom stereocenters. The summed E-state index contributed by atoms with van der Waals surface area (Å²) in [7, 11) is 0. The van der Waals surface area contributed by atoms with Gasteiger partial charge in [0.1, 0.15) is 23.1 Å². The number of pyridine rings is 1. The fourth-order valence-electron chi connectivity index (χ4n) is 4.42. The van der Waals surface area contributed by atoms with E-state index in [0.717, 1.165) is 12.1 Å². The molecule has 0 spiro atoms. The zero-order chi connectivity index (χ0) is 24.1. The van der Waals surface area contributed by atoms with Crippen molar-refractivity contribution in [2.24, 2.45) is 5.73 Å². The van der Waals surface area contributed by atoms with Gasteiger partial charge in [-0.25, -0.2) is 13.6 Å². The number of carboxylic acid groups (broad SMARTS) is 1. The maximum absolute atomic E-state index is 15.0. The van der Waals surface area contributed by atoms with E-state index in [0.29, 0.717) is 0 Å². The van der Waals surface area contributed by atoms with Gasteiger partial charge in [0.05, 0.1) is 29.6 Å². The number of aromatic amines is 1. The Bertz CT molecular complexity index is 1570. The van der Waals surface area contributed by atoms with E-state index in [4.69, 9.17) is 10.5 Å². The average Bonchev–Trinajstić information content (AvgIpc) is 3.39. The smallest absolute Gasteiger partial charge is 0.353 e. The van der Waals surface area contributed by atoms with Gasteiger partial charge in [-0.05, 0) is 36.4 Å². The summed E-state index contributed by atoms with van der Waals surface area (Å²) < 4.78 is 36.5. The van der Waals surface area contributed by atoms with E-state index in [1.165, 1.54) is 35.0 Å². The number of nitrogens with two attached hydrogens (primary N) is 1. The Balaban J connectivity index is 1.89. The molecule has 0 saturated carbocycles. The number of fused-ring (bicyclic) bond motifs is 3. The number of nitrogens with one attached hydrogen (secondary N) is 1. The molecule has 4 aromatic rings. The van der Waals surface area contributed by atoms with Gasteiger partial charge in [0, 0.05) is 34.9 Å². The standard InChI is InChI=1S/C24H17F2N3O5/c25-15-4-3-11(22(27)30)8-12(15)10-29-17-9-16(26)13-5-7-34-21(13)19(17)18(20(29)24(32)33)14-2-1-6-28-23(14)31/h1-4,6,8-9H,5,7,10H2,(H2,27,30)(H,28,31)(H,32,33). The summed E-state index contributed by atoms with van der Waals surface area (Å²) in [5.41, 5.74) is 4.86. The Labute approximate surface area is 190 Å². The molecule has 0 saturated heterocycles. The number of carbonyl (C=O) groups is 2. The van der Waals surface area contributed by atoms with E-state index in [1.54, 1.807) is 0 Å². The number of benzene rings is 2. The third kappa shape index (κ3) is 3.22. The highest BCUT2D eigenvalue weighted by Gasteiger charge is 2.32. The van der Waals surface area contributed by atoms with Gasteiger partial charge >= 0.3 is 5.97 Å². The molecular formula is C24H17F2N3O5. The molecule has 1 aliphatic heterocycles. The average molecular weight is 465 g/mol. The highest BCUT2D eigenvalue weighted by Crippen LogP contribution is 2.44. The van der Waals surface area contributed by atoms with Crippen molar-refractivity contribution in [1.29, 1.82) is 0 Å². The minimum atomic E-state index is -1.41. The Morgan fingerprint density at radius 3 is 2.68 bits per heavy atom. The van der Waals surface area contributed by atoms with E-state index in [1.807, 2.05) is 0 Å². The second-order valence-electron chi connectivity index (χ2n) is 7.86. The second kappa shape index (κ2) is 7.84. The van der Waals surface area contributed by atoms with Crippen LogP contribution in [-0.4, -0.2) is 33.1 Å². The number of halogens is 2. The summed E-state index contributed by atoms with van der Waals surface area (Å²) in [5, 5.41) is 10.4. The highest BCUT2D eigenvalue weighted by molar-refractivity contribution is 6.11. The van der Waals surface area contributed by atoms with E-state index >= 15 is 0 Å². The van der Waals surface area contributed by atoms with Crippen molar-refractivity contribution in [2.45, 2.75) is 13.0 Å². The van der Waals surface area contributed by atoms with E-state index in [2.05, 4.69) is 4.98 Å². The molecule has 2 aromatic heterocycles. The van der Waals surface area contributed by atoms with Gasteiger partial charge in [-0.3, -0.25) is 9.59 Å². The van der Waals surface area contributed by atoms with Crippen molar-refractivity contribution < 1.29 is 28.2 Å². The van der Waals surface area contributed by atoms with Gasteiger partial charge in [0.2, 0.25) is 5.91 Å². The van der Waals surface area contributed by atoms with Crippen LogP contribution in [0.5, 0.6) is 5.75 Å². The highest BCUT2D eigenvalue weighted by atomic mass is 19.1. The van der Waals surface area contributed by atoms with Crippen LogP contribution in [0.4, 0.5) is 8.78 Å². The maximum Gasteiger partial charge on any atom is 0.353 e. The van der Waals surface area contributed by atoms with Crippen molar-refractivity contribution in [3.8, 4) is 16.9 Å². The summed E-state index contributed by atoms with van der Waals surface area (Å²) >= 11 is 0. The topological polar surface area (TPSA) is 127 Å². The molecule has 1 amide bonds. The zero-order valence-electron chi connectivity index (χ0n) is 17.5. The number of H-pyrrole nitrogens is 1. The Hall–Kier alpha value is -4.47. The fourth-order valence-corrected chi connectivity index (χ4v) is 4.42. The molecule has 0 bridgehead atoms. The number of aromatic carboxylic acids is 1. The van der Waals surface area contributed by atoms with Gasteiger partial charge in [0.25, 0.3) is 5.56 Å². The van der Waals surface area contributed by atoms with Crippen LogP contribution in [0.1, 0.15) is 32.0 Å².